The van der Waals surface area contributed by atoms with Gasteiger partial charge < -0.3 is 9.84 Å². The van der Waals surface area contributed by atoms with Crippen molar-refractivity contribution in [1.82, 2.24) is 0 Å². The first-order valence-corrected chi connectivity index (χ1v) is 6.45. The van der Waals surface area contributed by atoms with Crippen molar-refractivity contribution in [3.63, 3.8) is 0 Å². The van der Waals surface area contributed by atoms with E-state index >= 15 is 0 Å². The van der Waals surface area contributed by atoms with E-state index in [1.54, 1.807) is 12.1 Å². The molecule has 0 amide bonds. The van der Waals surface area contributed by atoms with Crippen molar-refractivity contribution in [1.29, 1.82) is 0 Å². The van der Waals surface area contributed by atoms with Gasteiger partial charge in [-0.1, -0.05) is 37.6 Å². The van der Waals surface area contributed by atoms with E-state index in [4.69, 9.17) is 16.3 Å². The van der Waals surface area contributed by atoms with Gasteiger partial charge in [-0.05, 0) is 17.0 Å². The number of rotatable bonds is 5. The molecule has 1 aromatic carbocycles. The smallest absolute Gasteiger partial charge is 0.424 e. The Balaban J connectivity index is 3.26. The van der Waals surface area contributed by atoms with Crippen molar-refractivity contribution in [3.05, 3.63) is 28.8 Å². The van der Waals surface area contributed by atoms with Crippen LogP contribution >= 0.6 is 11.6 Å². The van der Waals surface area contributed by atoms with Gasteiger partial charge >= 0.3 is 6.18 Å². The molecular weight excluding hydrogens is 309 g/mol. The van der Waals surface area contributed by atoms with E-state index in [1.807, 2.05) is 0 Å². The third kappa shape index (κ3) is 3.49. The summed E-state index contributed by atoms with van der Waals surface area (Å²) in [6, 6.07) is 4.68. The quantitative estimate of drug-likeness (QED) is 0.843. The number of alkyl halides is 3. The third-order valence-electron chi connectivity index (χ3n) is 3.31. The molecule has 118 valence electrons. The summed E-state index contributed by atoms with van der Waals surface area (Å²) in [6.07, 6.45) is -6.39. The molecule has 3 nitrogen and oxygen atoms in total. The molecule has 1 unspecified atom stereocenters. The lowest BCUT2D eigenvalue weighted by atomic mass is 9.75. The highest BCUT2D eigenvalue weighted by atomic mass is 35.5. The van der Waals surface area contributed by atoms with Gasteiger partial charge in [-0.3, -0.25) is 4.79 Å². The van der Waals surface area contributed by atoms with Crippen LogP contribution in [0.15, 0.2) is 18.2 Å². The molecule has 21 heavy (non-hydrogen) atoms. The molecule has 7 heteroatoms. The molecule has 0 aromatic heterocycles. The fraction of sp³-hybridized carbons (Fsp3) is 0.500. The van der Waals surface area contributed by atoms with Crippen molar-refractivity contribution >= 4 is 17.9 Å². The number of carbonyl (C=O) groups is 1. The number of halogens is 4. The van der Waals surface area contributed by atoms with Crippen molar-refractivity contribution in [3.8, 4) is 5.75 Å². The van der Waals surface area contributed by atoms with Crippen LogP contribution in [-0.4, -0.2) is 30.3 Å². The highest BCUT2D eigenvalue weighted by molar-refractivity contribution is 6.33. The molecule has 1 aromatic rings. The van der Waals surface area contributed by atoms with Gasteiger partial charge in [-0.25, -0.2) is 0 Å². The fourth-order valence-electron chi connectivity index (χ4n) is 2.17. The Kier molecular flexibility index (Phi) is 4.95. The number of ether oxygens (including phenoxy) is 1. The molecule has 0 saturated heterocycles. The zero-order chi connectivity index (χ0) is 16.5. The van der Waals surface area contributed by atoms with E-state index in [0.717, 1.165) is 0 Å². The number of methoxy groups -OCH3 is 1. The lowest BCUT2D eigenvalue weighted by Crippen LogP contribution is -2.50. The number of hydrogen-bond donors (Lipinski definition) is 1. The van der Waals surface area contributed by atoms with E-state index < -0.39 is 29.9 Å². The Hall–Kier alpha value is -1.27. The van der Waals surface area contributed by atoms with Crippen molar-refractivity contribution in [2.24, 2.45) is 0 Å². The zero-order valence-electron chi connectivity index (χ0n) is 11.8. The summed E-state index contributed by atoms with van der Waals surface area (Å²) < 4.78 is 43.6. The first-order valence-electron chi connectivity index (χ1n) is 6.07. The molecule has 0 saturated carbocycles. The van der Waals surface area contributed by atoms with Gasteiger partial charge in [0.1, 0.15) is 5.75 Å². The summed E-state index contributed by atoms with van der Waals surface area (Å²) in [5, 5.41) is 9.76. The van der Waals surface area contributed by atoms with E-state index in [-0.39, 0.29) is 5.02 Å². The maximum absolute atomic E-state index is 12.9. The Labute approximate surface area is 125 Å². The lowest BCUT2D eigenvalue weighted by molar-refractivity contribution is -0.250. The number of carbonyl (C=O) groups excluding carboxylic acids is 1. The molecule has 0 radical (unpaired) electrons. The standard InChI is InChI=1S/C14H16ClF3O3/c1-12(2,7-13(20,8-19)14(16,17)18)9-5-4-6-10(21-3)11(9)15/h4-6,8,20H,7H2,1-3H3. The van der Waals surface area contributed by atoms with Gasteiger partial charge in [0.25, 0.3) is 0 Å². The molecule has 1 N–H and O–H groups in total. The van der Waals surface area contributed by atoms with Crippen molar-refractivity contribution in [2.45, 2.75) is 37.5 Å². The van der Waals surface area contributed by atoms with Crippen LogP contribution in [0.5, 0.6) is 5.75 Å². The second-order valence-electron chi connectivity index (χ2n) is 5.42. The van der Waals surface area contributed by atoms with E-state index in [1.165, 1.54) is 27.0 Å². The minimum absolute atomic E-state index is 0.153. The van der Waals surface area contributed by atoms with E-state index in [9.17, 15) is 23.1 Å². The first kappa shape index (κ1) is 17.8. The Morgan fingerprint density at radius 2 is 1.90 bits per heavy atom. The molecule has 0 heterocycles. The van der Waals surface area contributed by atoms with Gasteiger partial charge in [0.15, 0.2) is 6.29 Å². The zero-order valence-corrected chi connectivity index (χ0v) is 12.5. The van der Waals surface area contributed by atoms with Crippen molar-refractivity contribution in [2.75, 3.05) is 7.11 Å². The largest absolute Gasteiger partial charge is 0.495 e. The maximum atomic E-state index is 12.9. The normalized spacial score (nSPS) is 15.4. The van der Waals surface area contributed by atoms with E-state index in [2.05, 4.69) is 0 Å². The van der Waals surface area contributed by atoms with Gasteiger partial charge in [0.2, 0.25) is 5.60 Å². The number of aldehydes is 1. The summed E-state index contributed by atoms with van der Waals surface area (Å²) in [5.41, 5.74) is -4.27. The van der Waals surface area contributed by atoms with Crippen LogP contribution in [0, 0.1) is 0 Å². The minimum Gasteiger partial charge on any atom is -0.495 e. The molecule has 0 aliphatic carbocycles. The summed E-state index contributed by atoms with van der Waals surface area (Å²) in [7, 11) is 1.38. The predicted octanol–water partition coefficient (Wildman–Crippen LogP) is 3.51. The molecule has 1 rings (SSSR count). The van der Waals surface area contributed by atoms with Gasteiger partial charge in [0, 0.05) is 6.42 Å². The van der Waals surface area contributed by atoms with Crippen LogP contribution in [0.3, 0.4) is 0 Å². The Bertz CT molecular complexity index is 529. The monoisotopic (exact) mass is 324 g/mol. The average molecular weight is 325 g/mol. The van der Waals surface area contributed by atoms with Crippen LogP contribution in [-0.2, 0) is 10.2 Å². The molecule has 0 bridgehead atoms. The predicted molar refractivity (Wildman–Crippen MR) is 72.7 cm³/mol. The number of aliphatic hydroxyl groups is 1. The average Bonchev–Trinajstić information content (AvgIpc) is 2.36. The second kappa shape index (κ2) is 5.85. The summed E-state index contributed by atoms with van der Waals surface area (Å²) >= 11 is 6.10. The molecule has 0 fully saturated rings. The molecule has 0 spiro atoms. The SMILES string of the molecule is COc1cccc(C(C)(C)CC(O)(C=O)C(F)(F)F)c1Cl. The summed E-state index contributed by atoms with van der Waals surface area (Å²) in [6.45, 7) is 2.93. The van der Waals surface area contributed by atoms with Gasteiger partial charge in [0.05, 0.1) is 12.1 Å². The van der Waals surface area contributed by atoms with Crippen molar-refractivity contribution < 1.29 is 27.8 Å². The summed E-state index contributed by atoms with van der Waals surface area (Å²) in [4.78, 5) is 10.8. The highest BCUT2D eigenvalue weighted by Gasteiger charge is 2.56. The molecule has 1 atom stereocenters. The third-order valence-corrected chi connectivity index (χ3v) is 3.70. The minimum atomic E-state index is -5.06. The fourth-order valence-corrected chi connectivity index (χ4v) is 2.63. The highest BCUT2D eigenvalue weighted by Crippen LogP contribution is 2.43. The number of benzene rings is 1. The van der Waals surface area contributed by atoms with Crippen LogP contribution in [0.25, 0.3) is 0 Å². The second-order valence-corrected chi connectivity index (χ2v) is 5.80. The maximum Gasteiger partial charge on any atom is 0.424 e. The van der Waals surface area contributed by atoms with E-state index in [0.29, 0.717) is 11.3 Å². The molecule has 0 aliphatic rings. The first-order chi connectivity index (χ1) is 9.48. The van der Waals surface area contributed by atoms with Crippen LogP contribution in [0.1, 0.15) is 25.8 Å². The van der Waals surface area contributed by atoms with Crippen LogP contribution in [0.4, 0.5) is 13.2 Å². The molecular formula is C14H16ClF3O3. The lowest BCUT2D eigenvalue weighted by Gasteiger charge is -2.35. The van der Waals surface area contributed by atoms with Gasteiger partial charge in [-0.15, -0.1) is 0 Å². The van der Waals surface area contributed by atoms with Crippen LogP contribution in [0.2, 0.25) is 5.02 Å². The number of hydrogen-bond acceptors (Lipinski definition) is 3. The molecule has 0 aliphatic heterocycles. The van der Waals surface area contributed by atoms with Crippen LogP contribution < -0.4 is 4.74 Å². The topological polar surface area (TPSA) is 46.5 Å². The summed E-state index contributed by atoms with van der Waals surface area (Å²) in [5.74, 6) is 0.309. The Morgan fingerprint density at radius 1 is 1.33 bits per heavy atom. The Morgan fingerprint density at radius 3 is 2.33 bits per heavy atom. The van der Waals surface area contributed by atoms with Gasteiger partial charge in [-0.2, -0.15) is 13.2 Å².